The normalized spacial score (nSPS) is 16.0. The zero-order valence-electron chi connectivity index (χ0n) is 10.9. The maximum atomic E-state index is 13.1. The first-order valence-corrected chi connectivity index (χ1v) is 6.22. The van der Waals surface area contributed by atoms with E-state index in [4.69, 9.17) is 5.11 Å². The number of carboxylic acid groups (broad SMARTS) is 1. The van der Waals surface area contributed by atoms with Crippen molar-refractivity contribution in [2.45, 2.75) is 6.18 Å². The second-order valence-corrected chi connectivity index (χ2v) is 4.65. The lowest BCUT2D eigenvalue weighted by Crippen LogP contribution is -2.48. The van der Waals surface area contributed by atoms with Crippen molar-refractivity contribution in [3.8, 4) is 0 Å². The van der Waals surface area contributed by atoms with Crippen molar-refractivity contribution in [1.29, 1.82) is 0 Å². The van der Waals surface area contributed by atoms with Gasteiger partial charge in [0.15, 0.2) is 0 Å². The standard InChI is InChI=1S/C13H13F3N2O3/c14-13(15,16)10-7-9(8-19)1-2-11(10)17-3-5-18(6-4-17)12(20)21/h1-2,7-8H,3-6H2,(H,20,21). The molecule has 0 atom stereocenters. The van der Waals surface area contributed by atoms with Crippen molar-refractivity contribution in [1.82, 2.24) is 4.90 Å². The molecule has 21 heavy (non-hydrogen) atoms. The number of anilines is 1. The third-order valence-corrected chi connectivity index (χ3v) is 3.35. The molecule has 1 aliphatic heterocycles. The number of alkyl halides is 3. The Labute approximate surface area is 118 Å². The molecule has 1 aromatic carbocycles. The van der Waals surface area contributed by atoms with Gasteiger partial charge in [0.25, 0.3) is 0 Å². The minimum atomic E-state index is -4.57. The van der Waals surface area contributed by atoms with Crippen LogP contribution in [0.3, 0.4) is 0 Å². The van der Waals surface area contributed by atoms with E-state index in [1.54, 1.807) is 0 Å². The van der Waals surface area contributed by atoms with E-state index in [0.717, 1.165) is 11.0 Å². The van der Waals surface area contributed by atoms with Gasteiger partial charge >= 0.3 is 12.3 Å². The van der Waals surface area contributed by atoms with Crippen molar-refractivity contribution >= 4 is 18.1 Å². The van der Waals surface area contributed by atoms with Gasteiger partial charge in [-0.3, -0.25) is 4.79 Å². The molecule has 8 heteroatoms. The van der Waals surface area contributed by atoms with Crippen molar-refractivity contribution in [3.63, 3.8) is 0 Å². The van der Waals surface area contributed by atoms with Crippen molar-refractivity contribution in [2.24, 2.45) is 0 Å². The molecular weight excluding hydrogens is 289 g/mol. The minimum Gasteiger partial charge on any atom is -0.465 e. The van der Waals surface area contributed by atoms with Crippen LogP contribution in [0.4, 0.5) is 23.7 Å². The number of amides is 1. The predicted octanol–water partition coefficient (Wildman–Crippen LogP) is 2.32. The average Bonchev–Trinajstić information content (AvgIpc) is 2.46. The molecule has 1 amide bonds. The van der Waals surface area contributed by atoms with Gasteiger partial charge in [-0.2, -0.15) is 13.2 Å². The SMILES string of the molecule is O=Cc1ccc(N2CCN(C(=O)O)CC2)c(C(F)(F)F)c1. The molecule has 1 N–H and O–H groups in total. The number of halogens is 3. The lowest BCUT2D eigenvalue weighted by atomic mass is 10.1. The van der Waals surface area contributed by atoms with Gasteiger partial charge in [-0.25, -0.2) is 4.79 Å². The lowest BCUT2D eigenvalue weighted by Gasteiger charge is -2.35. The summed E-state index contributed by atoms with van der Waals surface area (Å²) >= 11 is 0. The van der Waals surface area contributed by atoms with Gasteiger partial charge in [-0.15, -0.1) is 0 Å². The van der Waals surface area contributed by atoms with Crippen LogP contribution in [0.25, 0.3) is 0 Å². The fraction of sp³-hybridized carbons (Fsp3) is 0.385. The second kappa shape index (κ2) is 5.63. The Morgan fingerprint density at radius 3 is 2.29 bits per heavy atom. The van der Waals surface area contributed by atoms with Gasteiger partial charge in [0.05, 0.1) is 5.56 Å². The molecule has 0 bridgehead atoms. The highest BCUT2D eigenvalue weighted by molar-refractivity contribution is 5.77. The number of hydrogen-bond donors (Lipinski definition) is 1. The average molecular weight is 302 g/mol. The number of benzene rings is 1. The third kappa shape index (κ3) is 3.26. The zero-order valence-corrected chi connectivity index (χ0v) is 10.9. The molecular formula is C13H13F3N2O3. The molecule has 1 aliphatic rings. The smallest absolute Gasteiger partial charge is 0.418 e. The molecule has 2 rings (SSSR count). The Kier molecular flexibility index (Phi) is 4.06. The summed E-state index contributed by atoms with van der Waals surface area (Å²) in [6.07, 6.45) is -5.29. The molecule has 0 unspecified atom stereocenters. The number of rotatable bonds is 2. The van der Waals surface area contributed by atoms with Crippen LogP contribution < -0.4 is 4.90 Å². The molecule has 0 aliphatic carbocycles. The number of hydrogen-bond acceptors (Lipinski definition) is 3. The molecule has 5 nitrogen and oxygen atoms in total. The van der Waals surface area contributed by atoms with E-state index in [1.165, 1.54) is 17.0 Å². The van der Waals surface area contributed by atoms with E-state index in [9.17, 15) is 22.8 Å². The van der Waals surface area contributed by atoms with E-state index >= 15 is 0 Å². The lowest BCUT2D eigenvalue weighted by molar-refractivity contribution is -0.137. The van der Waals surface area contributed by atoms with E-state index in [1.807, 2.05) is 0 Å². The fourth-order valence-electron chi connectivity index (χ4n) is 2.27. The Morgan fingerprint density at radius 1 is 1.19 bits per heavy atom. The van der Waals surface area contributed by atoms with Crippen LogP contribution in [0.2, 0.25) is 0 Å². The Bertz CT molecular complexity index is 552. The Morgan fingerprint density at radius 2 is 1.81 bits per heavy atom. The highest BCUT2D eigenvalue weighted by atomic mass is 19.4. The number of carbonyl (C=O) groups excluding carboxylic acids is 1. The van der Waals surface area contributed by atoms with Crippen molar-refractivity contribution in [2.75, 3.05) is 31.1 Å². The number of aldehydes is 1. The summed E-state index contributed by atoms with van der Waals surface area (Å²) < 4.78 is 39.2. The summed E-state index contributed by atoms with van der Waals surface area (Å²) in [5, 5.41) is 8.84. The second-order valence-electron chi connectivity index (χ2n) is 4.65. The Balaban J connectivity index is 2.28. The largest absolute Gasteiger partial charge is 0.465 e. The van der Waals surface area contributed by atoms with E-state index in [0.29, 0.717) is 6.29 Å². The van der Waals surface area contributed by atoms with Crippen LogP contribution >= 0.6 is 0 Å². The van der Waals surface area contributed by atoms with Gasteiger partial charge in [0.1, 0.15) is 6.29 Å². The summed E-state index contributed by atoms with van der Waals surface area (Å²) in [7, 11) is 0. The van der Waals surface area contributed by atoms with Crippen LogP contribution in [0.5, 0.6) is 0 Å². The maximum absolute atomic E-state index is 13.1. The number of nitrogens with zero attached hydrogens (tertiary/aromatic N) is 2. The zero-order chi connectivity index (χ0) is 15.6. The van der Waals surface area contributed by atoms with Crippen LogP contribution in [0.15, 0.2) is 18.2 Å². The number of piperazine rings is 1. The van der Waals surface area contributed by atoms with Crippen LogP contribution in [0.1, 0.15) is 15.9 Å². The van der Waals surface area contributed by atoms with Gasteiger partial charge in [-0.05, 0) is 18.2 Å². The van der Waals surface area contributed by atoms with Gasteiger partial charge in [0.2, 0.25) is 0 Å². The summed E-state index contributed by atoms with van der Waals surface area (Å²) in [6.45, 7) is 0.635. The highest BCUT2D eigenvalue weighted by Crippen LogP contribution is 2.37. The molecule has 1 aromatic rings. The first-order valence-electron chi connectivity index (χ1n) is 6.22. The quantitative estimate of drug-likeness (QED) is 0.852. The molecule has 1 fully saturated rings. The molecule has 1 heterocycles. The monoisotopic (exact) mass is 302 g/mol. The van der Waals surface area contributed by atoms with Crippen molar-refractivity contribution < 1.29 is 27.9 Å². The first-order chi connectivity index (χ1) is 9.82. The minimum absolute atomic E-state index is 0.0295. The van der Waals surface area contributed by atoms with Gasteiger partial charge in [-0.1, -0.05) is 0 Å². The summed E-state index contributed by atoms with van der Waals surface area (Å²) in [5.74, 6) is 0. The summed E-state index contributed by atoms with van der Waals surface area (Å²) in [6, 6.07) is 3.38. The van der Waals surface area contributed by atoms with E-state index in [2.05, 4.69) is 0 Å². The molecule has 1 saturated heterocycles. The van der Waals surface area contributed by atoms with E-state index < -0.39 is 17.8 Å². The third-order valence-electron chi connectivity index (χ3n) is 3.35. The molecule has 0 aromatic heterocycles. The topological polar surface area (TPSA) is 60.9 Å². The van der Waals surface area contributed by atoms with Crippen LogP contribution in [-0.4, -0.2) is 48.6 Å². The number of carbonyl (C=O) groups is 2. The van der Waals surface area contributed by atoms with Crippen LogP contribution in [-0.2, 0) is 6.18 Å². The Hall–Kier alpha value is -2.25. The predicted molar refractivity (Wildman–Crippen MR) is 68.6 cm³/mol. The highest BCUT2D eigenvalue weighted by Gasteiger charge is 2.36. The first kappa shape index (κ1) is 15.1. The maximum Gasteiger partial charge on any atom is 0.418 e. The molecule has 0 spiro atoms. The fourth-order valence-corrected chi connectivity index (χ4v) is 2.27. The van der Waals surface area contributed by atoms with Gasteiger partial charge < -0.3 is 14.9 Å². The van der Waals surface area contributed by atoms with Crippen molar-refractivity contribution in [3.05, 3.63) is 29.3 Å². The van der Waals surface area contributed by atoms with Gasteiger partial charge in [0, 0.05) is 37.4 Å². The molecule has 0 radical (unpaired) electrons. The summed E-state index contributed by atoms with van der Waals surface area (Å²) in [5.41, 5.74) is -0.954. The van der Waals surface area contributed by atoms with E-state index in [-0.39, 0.29) is 37.4 Å². The van der Waals surface area contributed by atoms with Crippen LogP contribution in [0, 0.1) is 0 Å². The molecule has 114 valence electrons. The summed E-state index contributed by atoms with van der Waals surface area (Å²) in [4.78, 5) is 24.1. The molecule has 0 saturated carbocycles.